The molecule has 3 aromatic rings. The molecule has 8 nitrogen and oxygen atoms in total. The minimum atomic E-state index is -4.54. The summed E-state index contributed by atoms with van der Waals surface area (Å²) < 4.78 is 39.9. The van der Waals surface area contributed by atoms with Crippen LogP contribution in [0.2, 0.25) is 0 Å². The molecule has 0 atom stereocenters. The number of nitro groups is 1. The average molecular weight is 378 g/mol. The minimum absolute atomic E-state index is 0.00550. The van der Waals surface area contributed by atoms with Gasteiger partial charge in [-0.3, -0.25) is 10.1 Å². The summed E-state index contributed by atoms with van der Waals surface area (Å²) in [5, 5.41) is 18.3. The quantitative estimate of drug-likeness (QED) is 0.545. The highest BCUT2D eigenvalue weighted by molar-refractivity contribution is 5.70. The van der Waals surface area contributed by atoms with Crippen molar-refractivity contribution in [3.05, 3.63) is 63.7 Å². The third-order valence-corrected chi connectivity index (χ3v) is 3.65. The summed E-state index contributed by atoms with van der Waals surface area (Å²) in [6.45, 7) is 3.42. The topological polar surface area (TPSA) is 98.8 Å². The highest BCUT2D eigenvalue weighted by Gasteiger charge is 2.31. The van der Waals surface area contributed by atoms with E-state index >= 15 is 0 Å². The number of halogens is 3. The van der Waals surface area contributed by atoms with Crippen LogP contribution in [0.1, 0.15) is 17.0 Å². The molecule has 140 valence electrons. The molecule has 0 radical (unpaired) electrons. The fourth-order valence-corrected chi connectivity index (χ4v) is 2.54. The van der Waals surface area contributed by atoms with E-state index in [1.54, 1.807) is 19.9 Å². The van der Waals surface area contributed by atoms with E-state index in [0.29, 0.717) is 11.4 Å². The van der Waals surface area contributed by atoms with Gasteiger partial charge < -0.3 is 5.32 Å². The Morgan fingerprint density at radius 2 is 1.93 bits per heavy atom. The van der Waals surface area contributed by atoms with Crippen molar-refractivity contribution < 1.29 is 18.1 Å². The van der Waals surface area contributed by atoms with E-state index in [0.717, 1.165) is 18.5 Å². The van der Waals surface area contributed by atoms with E-state index in [1.165, 1.54) is 16.8 Å². The molecular formula is C16H13F3N6O2. The molecule has 27 heavy (non-hydrogen) atoms. The Hall–Kier alpha value is -3.50. The third kappa shape index (κ3) is 3.71. The van der Waals surface area contributed by atoms with Crippen LogP contribution in [0.15, 0.2) is 36.7 Å². The maximum Gasteiger partial charge on any atom is 0.416 e. The number of rotatable bonds is 4. The van der Waals surface area contributed by atoms with Gasteiger partial charge in [-0.2, -0.15) is 18.3 Å². The van der Waals surface area contributed by atoms with Crippen molar-refractivity contribution in [3.63, 3.8) is 0 Å². The van der Waals surface area contributed by atoms with Crippen molar-refractivity contribution in [2.24, 2.45) is 0 Å². The second kappa shape index (κ2) is 6.67. The first-order chi connectivity index (χ1) is 12.7. The summed E-state index contributed by atoms with van der Waals surface area (Å²) in [7, 11) is 0. The Morgan fingerprint density at radius 3 is 2.52 bits per heavy atom. The first kappa shape index (κ1) is 18.3. The number of alkyl halides is 3. The molecule has 0 spiro atoms. The van der Waals surface area contributed by atoms with Gasteiger partial charge in [0.05, 0.1) is 16.2 Å². The van der Waals surface area contributed by atoms with E-state index in [-0.39, 0.29) is 17.3 Å². The number of nitrogens with zero attached hydrogens (tertiary/aromatic N) is 5. The van der Waals surface area contributed by atoms with Crippen LogP contribution in [0.3, 0.4) is 0 Å². The number of hydrogen-bond acceptors (Lipinski definition) is 6. The van der Waals surface area contributed by atoms with Crippen LogP contribution in [0.25, 0.3) is 5.82 Å². The Kier molecular flexibility index (Phi) is 4.52. The first-order valence-corrected chi connectivity index (χ1v) is 7.64. The van der Waals surface area contributed by atoms with Gasteiger partial charge >= 0.3 is 11.9 Å². The predicted octanol–water partition coefficient (Wildman–Crippen LogP) is 3.95. The SMILES string of the molecule is Cc1cc(C)n(-c2ncnc(Nc3cccc(C(F)(F)F)c3)c2[N+](=O)[O-])n1. The number of benzene rings is 1. The third-order valence-electron chi connectivity index (χ3n) is 3.65. The highest BCUT2D eigenvalue weighted by Crippen LogP contribution is 2.34. The molecule has 0 amide bonds. The zero-order chi connectivity index (χ0) is 19.8. The van der Waals surface area contributed by atoms with E-state index < -0.39 is 22.4 Å². The molecular weight excluding hydrogens is 365 g/mol. The lowest BCUT2D eigenvalue weighted by atomic mass is 10.2. The Morgan fingerprint density at radius 1 is 1.19 bits per heavy atom. The van der Waals surface area contributed by atoms with Gasteiger partial charge in [0, 0.05) is 11.4 Å². The molecule has 2 aromatic heterocycles. The lowest BCUT2D eigenvalue weighted by Gasteiger charge is -2.11. The van der Waals surface area contributed by atoms with Crippen LogP contribution in [0.5, 0.6) is 0 Å². The van der Waals surface area contributed by atoms with Crippen LogP contribution in [-0.4, -0.2) is 24.7 Å². The van der Waals surface area contributed by atoms with Crippen molar-refractivity contribution in [1.29, 1.82) is 0 Å². The molecule has 0 aliphatic carbocycles. The van der Waals surface area contributed by atoms with Crippen molar-refractivity contribution in [2.75, 3.05) is 5.32 Å². The minimum Gasteiger partial charge on any atom is -0.334 e. The van der Waals surface area contributed by atoms with Gasteiger partial charge in [-0.1, -0.05) is 6.07 Å². The average Bonchev–Trinajstić information content (AvgIpc) is 2.92. The number of hydrogen-bond donors (Lipinski definition) is 1. The summed E-state index contributed by atoms with van der Waals surface area (Å²) >= 11 is 0. The van der Waals surface area contributed by atoms with Gasteiger partial charge in [-0.15, -0.1) is 0 Å². The molecule has 3 rings (SSSR count). The lowest BCUT2D eigenvalue weighted by Crippen LogP contribution is -2.10. The Bertz CT molecular complexity index is 1020. The molecule has 11 heteroatoms. The van der Waals surface area contributed by atoms with Crippen LogP contribution in [0.4, 0.5) is 30.4 Å². The fourth-order valence-electron chi connectivity index (χ4n) is 2.54. The molecule has 0 unspecified atom stereocenters. The van der Waals surface area contributed by atoms with Crippen molar-refractivity contribution in [1.82, 2.24) is 19.7 Å². The number of nitrogens with one attached hydrogen (secondary N) is 1. The number of aromatic nitrogens is 4. The van der Waals surface area contributed by atoms with Crippen LogP contribution >= 0.6 is 0 Å². The monoisotopic (exact) mass is 378 g/mol. The van der Waals surface area contributed by atoms with Gasteiger partial charge in [0.2, 0.25) is 11.6 Å². The van der Waals surface area contributed by atoms with E-state index in [4.69, 9.17) is 0 Å². The summed E-state index contributed by atoms with van der Waals surface area (Å²) in [6.07, 6.45) is -3.46. The summed E-state index contributed by atoms with van der Waals surface area (Å²) in [5.74, 6) is -0.327. The number of anilines is 2. The van der Waals surface area contributed by atoms with Crippen molar-refractivity contribution in [3.8, 4) is 5.82 Å². The summed E-state index contributed by atoms with van der Waals surface area (Å²) in [6, 6.07) is 6.01. The maximum absolute atomic E-state index is 12.9. The van der Waals surface area contributed by atoms with Gasteiger partial charge in [-0.05, 0) is 38.1 Å². The molecule has 2 heterocycles. The molecule has 0 aliphatic rings. The Labute approximate surface area is 150 Å². The zero-order valence-electron chi connectivity index (χ0n) is 14.2. The molecule has 1 N–H and O–H groups in total. The molecule has 0 saturated heterocycles. The molecule has 0 saturated carbocycles. The Balaban J connectivity index is 2.08. The smallest absolute Gasteiger partial charge is 0.334 e. The predicted molar refractivity (Wildman–Crippen MR) is 90.0 cm³/mol. The van der Waals surface area contributed by atoms with Crippen molar-refractivity contribution in [2.45, 2.75) is 20.0 Å². The standard InChI is InChI=1S/C16H13F3N6O2/c1-9-6-10(2)24(23-9)15-13(25(26)27)14(20-8-21-15)22-12-5-3-4-11(7-12)16(17,18)19/h3-8H,1-2H3,(H,20,21,22). The van der Waals surface area contributed by atoms with Crippen LogP contribution in [0, 0.1) is 24.0 Å². The number of aryl methyl sites for hydroxylation is 2. The summed E-state index contributed by atoms with van der Waals surface area (Å²) in [4.78, 5) is 18.7. The van der Waals surface area contributed by atoms with Gasteiger partial charge in [0.25, 0.3) is 0 Å². The van der Waals surface area contributed by atoms with Gasteiger partial charge in [0.1, 0.15) is 6.33 Å². The van der Waals surface area contributed by atoms with E-state index in [2.05, 4.69) is 20.4 Å². The largest absolute Gasteiger partial charge is 0.416 e. The fraction of sp³-hybridized carbons (Fsp3) is 0.188. The maximum atomic E-state index is 12.9. The van der Waals surface area contributed by atoms with E-state index in [9.17, 15) is 23.3 Å². The zero-order valence-corrected chi connectivity index (χ0v) is 14.2. The molecule has 1 aromatic carbocycles. The normalized spacial score (nSPS) is 11.4. The second-order valence-corrected chi connectivity index (χ2v) is 5.69. The second-order valence-electron chi connectivity index (χ2n) is 5.69. The lowest BCUT2D eigenvalue weighted by molar-refractivity contribution is -0.384. The van der Waals surface area contributed by atoms with E-state index in [1.807, 2.05) is 0 Å². The van der Waals surface area contributed by atoms with Crippen LogP contribution < -0.4 is 5.32 Å². The van der Waals surface area contributed by atoms with Gasteiger partial charge in [0.15, 0.2) is 0 Å². The molecule has 0 aliphatic heterocycles. The molecule has 0 bridgehead atoms. The molecule has 0 fully saturated rings. The highest BCUT2D eigenvalue weighted by atomic mass is 19.4. The van der Waals surface area contributed by atoms with Crippen LogP contribution in [-0.2, 0) is 6.18 Å². The van der Waals surface area contributed by atoms with Gasteiger partial charge in [-0.25, -0.2) is 14.6 Å². The first-order valence-electron chi connectivity index (χ1n) is 7.64. The van der Waals surface area contributed by atoms with Crippen molar-refractivity contribution >= 4 is 17.2 Å². The summed E-state index contributed by atoms with van der Waals surface area (Å²) in [5.41, 5.74) is -0.137.